The summed E-state index contributed by atoms with van der Waals surface area (Å²) in [6.45, 7) is 12.7. The summed E-state index contributed by atoms with van der Waals surface area (Å²) in [5.41, 5.74) is 10.9. The van der Waals surface area contributed by atoms with E-state index in [2.05, 4.69) is 5.32 Å². The van der Waals surface area contributed by atoms with Crippen LogP contribution in [0.15, 0.2) is 0 Å². The Kier molecular flexibility index (Phi) is 6.58. The summed E-state index contributed by atoms with van der Waals surface area (Å²) in [6, 6.07) is 0. The Labute approximate surface area is 105 Å². The van der Waals surface area contributed by atoms with Crippen molar-refractivity contribution in [3.8, 4) is 0 Å². The van der Waals surface area contributed by atoms with Gasteiger partial charge < -0.3 is 20.9 Å². The first-order chi connectivity index (χ1) is 7.67. The molecule has 0 aromatic rings. The lowest BCUT2D eigenvalue weighted by molar-refractivity contribution is -0.0418. The minimum absolute atomic E-state index is 0.444. The SMILES string of the molecule is CCOC(N)C(C)(C)[N]C(C)(C)C(N)OCC. The molecule has 0 aromatic carbocycles. The molecule has 103 valence electrons. The van der Waals surface area contributed by atoms with Gasteiger partial charge in [0.25, 0.3) is 0 Å². The van der Waals surface area contributed by atoms with Gasteiger partial charge in [-0.3, -0.25) is 0 Å². The fourth-order valence-corrected chi connectivity index (χ4v) is 1.64. The molecule has 2 atom stereocenters. The fraction of sp³-hybridized carbons (Fsp3) is 1.00. The number of hydrogen-bond donors (Lipinski definition) is 2. The van der Waals surface area contributed by atoms with Crippen molar-refractivity contribution in [1.82, 2.24) is 5.32 Å². The second-order valence-corrected chi connectivity index (χ2v) is 5.17. The predicted molar refractivity (Wildman–Crippen MR) is 69.5 cm³/mol. The van der Waals surface area contributed by atoms with Crippen LogP contribution in [0.3, 0.4) is 0 Å². The van der Waals surface area contributed by atoms with Crippen molar-refractivity contribution in [2.45, 2.75) is 65.1 Å². The molecule has 5 heteroatoms. The fourth-order valence-electron chi connectivity index (χ4n) is 1.64. The highest BCUT2D eigenvalue weighted by atomic mass is 16.5. The van der Waals surface area contributed by atoms with Gasteiger partial charge in [0.05, 0.1) is 11.1 Å². The lowest BCUT2D eigenvalue weighted by Crippen LogP contribution is -2.62. The molecule has 0 aliphatic carbocycles. The van der Waals surface area contributed by atoms with Gasteiger partial charge in [-0.15, -0.1) is 0 Å². The number of hydrogen-bond acceptors (Lipinski definition) is 4. The Balaban J connectivity index is 4.56. The van der Waals surface area contributed by atoms with Crippen LogP contribution in [-0.4, -0.2) is 36.7 Å². The molecule has 0 spiro atoms. The molecule has 0 rings (SSSR count). The number of nitrogens with zero attached hydrogens (tertiary/aromatic N) is 1. The maximum absolute atomic E-state index is 5.95. The first-order valence-corrected chi connectivity index (χ1v) is 6.15. The molecule has 17 heavy (non-hydrogen) atoms. The Morgan fingerprint density at radius 2 is 1.18 bits per heavy atom. The Morgan fingerprint density at radius 1 is 0.882 bits per heavy atom. The molecular formula is C12H28N3O2. The van der Waals surface area contributed by atoms with E-state index in [1.54, 1.807) is 0 Å². The van der Waals surface area contributed by atoms with Crippen LogP contribution in [0.25, 0.3) is 0 Å². The highest BCUT2D eigenvalue weighted by Crippen LogP contribution is 2.20. The largest absolute Gasteiger partial charge is 0.362 e. The van der Waals surface area contributed by atoms with Gasteiger partial charge in [-0.25, -0.2) is 5.32 Å². The van der Waals surface area contributed by atoms with E-state index in [4.69, 9.17) is 20.9 Å². The van der Waals surface area contributed by atoms with E-state index in [0.29, 0.717) is 13.2 Å². The Morgan fingerprint density at radius 3 is 1.41 bits per heavy atom. The van der Waals surface area contributed by atoms with Crippen molar-refractivity contribution >= 4 is 0 Å². The standard InChI is InChI=1S/C12H28N3O2/c1-7-16-9(13)11(3,4)15-12(5,6)10(14)17-8-2/h9-10H,7-8,13-14H2,1-6H3. The summed E-state index contributed by atoms with van der Waals surface area (Å²) in [4.78, 5) is 0. The van der Waals surface area contributed by atoms with Crippen LogP contribution in [0.2, 0.25) is 0 Å². The molecule has 0 amide bonds. The lowest BCUT2D eigenvalue weighted by Gasteiger charge is -2.40. The number of nitrogens with two attached hydrogens (primary N) is 2. The average molecular weight is 246 g/mol. The third-order valence-electron chi connectivity index (χ3n) is 2.66. The molecule has 1 radical (unpaired) electrons. The van der Waals surface area contributed by atoms with Gasteiger partial charge in [0, 0.05) is 13.2 Å². The first-order valence-electron chi connectivity index (χ1n) is 6.15. The van der Waals surface area contributed by atoms with Crippen LogP contribution in [-0.2, 0) is 9.47 Å². The molecule has 0 fully saturated rings. The quantitative estimate of drug-likeness (QED) is 0.620. The topological polar surface area (TPSA) is 84.6 Å². The summed E-state index contributed by atoms with van der Waals surface area (Å²) in [6.07, 6.45) is -0.888. The van der Waals surface area contributed by atoms with E-state index in [1.807, 2.05) is 41.5 Å². The average Bonchev–Trinajstić information content (AvgIpc) is 2.16. The van der Waals surface area contributed by atoms with E-state index < -0.39 is 23.5 Å². The third-order valence-corrected chi connectivity index (χ3v) is 2.66. The zero-order valence-electron chi connectivity index (χ0n) is 12.0. The summed E-state index contributed by atoms with van der Waals surface area (Å²) in [7, 11) is 0. The van der Waals surface area contributed by atoms with Gasteiger partial charge in [0.1, 0.15) is 12.5 Å². The Bertz CT molecular complexity index is 198. The molecule has 0 aliphatic rings. The van der Waals surface area contributed by atoms with Gasteiger partial charge in [0.2, 0.25) is 0 Å². The predicted octanol–water partition coefficient (Wildman–Crippen LogP) is 0.791. The summed E-state index contributed by atoms with van der Waals surface area (Å²) < 4.78 is 10.8. The Hall–Kier alpha value is -0.200. The molecule has 0 heterocycles. The molecule has 0 aliphatic heterocycles. The van der Waals surface area contributed by atoms with Gasteiger partial charge in [0.15, 0.2) is 0 Å². The van der Waals surface area contributed by atoms with Crippen LogP contribution < -0.4 is 16.8 Å². The highest BCUT2D eigenvalue weighted by Gasteiger charge is 2.38. The van der Waals surface area contributed by atoms with Gasteiger partial charge in [-0.05, 0) is 41.5 Å². The smallest absolute Gasteiger partial charge is 0.125 e. The molecule has 4 N–H and O–H groups in total. The van der Waals surface area contributed by atoms with Crippen molar-refractivity contribution in [3.05, 3.63) is 0 Å². The molecule has 0 aromatic heterocycles. The zero-order valence-corrected chi connectivity index (χ0v) is 12.0. The van der Waals surface area contributed by atoms with Crippen LogP contribution in [0.1, 0.15) is 41.5 Å². The van der Waals surface area contributed by atoms with Crippen LogP contribution in [0.4, 0.5) is 0 Å². The maximum atomic E-state index is 5.95. The summed E-state index contributed by atoms with van der Waals surface area (Å²) in [5.74, 6) is 0. The van der Waals surface area contributed by atoms with E-state index in [-0.39, 0.29) is 0 Å². The van der Waals surface area contributed by atoms with E-state index in [9.17, 15) is 0 Å². The zero-order chi connectivity index (χ0) is 13.7. The van der Waals surface area contributed by atoms with Crippen LogP contribution in [0, 0.1) is 0 Å². The van der Waals surface area contributed by atoms with E-state index in [0.717, 1.165) is 0 Å². The summed E-state index contributed by atoms with van der Waals surface area (Å²) >= 11 is 0. The monoisotopic (exact) mass is 246 g/mol. The second kappa shape index (κ2) is 6.66. The number of rotatable bonds is 8. The van der Waals surface area contributed by atoms with Gasteiger partial charge in [-0.2, -0.15) is 0 Å². The van der Waals surface area contributed by atoms with Gasteiger partial charge in [-0.1, -0.05) is 0 Å². The minimum atomic E-state index is -0.506. The van der Waals surface area contributed by atoms with Crippen molar-refractivity contribution in [2.75, 3.05) is 13.2 Å². The van der Waals surface area contributed by atoms with Crippen LogP contribution >= 0.6 is 0 Å². The van der Waals surface area contributed by atoms with E-state index >= 15 is 0 Å². The lowest BCUT2D eigenvalue weighted by atomic mass is 9.94. The minimum Gasteiger partial charge on any atom is -0.362 e. The maximum Gasteiger partial charge on any atom is 0.125 e. The first kappa shape index (κ1) is 16.8. The summed E-state index contributed by atoms with van der Waals surface area (Å²) in [5, 5.41) is 4.68. The molecule has 2 unspecified atom stereocenters. The second-order valence-electron chi connectivity index (χ2n) is 5.17. The highest BCUT2D eigenvalue weighted by molar-refractivity contribution is 4.94. The molecule has 0 bridgehead atoms. The molecular weight excluding hydrogens is 218 g/mol. The van der Waals surface area contributed by atoms with Gasteiger partial charge >= 0.3 is 0 Å². The van der Waals surface area contributed by atoms with Crippen molar-refractivity contribution in [2.24, 2.45) is 11.5 Å². The van der Waals surface area contributed by atoms with Crippen molar-refractivity contribution in [3.63, 3.8) is 0 Å². The molecule has 0 saturated heterocycles. The van der Waals surface area contributed by atoms with E-state index in [1.165, 1.54) is 0 Å². The molecule has 0 saturated carbocycles. The van der Waals surface area contributed by atoms with Crippen molar-refractivity contribution < 1.29 is 9.47 Å². The number of ether oxygens (including phenoxy) is 2. The third kappa shape index (κ3) is 5.31. The van der Waals surface area contributed by atoms with Crippen molar-refractivity contribution in [1.29, 1.82) is 0 Å². The molecule has 5 nitrogen and oxygen atoms in total. The normalized spacial score (nSPS) is 16.9. The van der Waals surface area contributed by atoms with Crippen LogP contribution in [0.5, 0.6) is 0 Å².